The highest BCUT2D eigenvalue weighted by molar-refractivity contribution is 5.91. The van der Waals surface area contributed by atoms with Crippen LogP contribution in [0.2, 0.25) is 0 Å². The van der Waals surface area contributed by atoms with Gasteiger partial charge in [-0.2, -0.15) is 0 Å². The van der Waals surface area contributed by atoms with Crippen LogP contribution in [-0.2, 0) is 4.74 Å². The van der Waals surface area contributed by atoms with Crippen molar-refractivity contribution in [3.8, 4) is 0 Å². The van der Waals surface area contributed by atoms with Crippen LogP contribution >= 0.6 is 0 Å². The van der Waals surface area contributed by atoms with Gasteiger partial charge in [-0.15, -0.1) is 0 Å². The minimum Gasteiger partial charge on any atom is -0.462 e. The first-order valence-electron chi connectivity index (χ1n) is 8.41. The molecule has 0 amide bonds. The predicted octanol–water partition coefficient (Wildman–Crippen LogP) is 3.43. The molecule has 8 heteroatoms. The number of nitrogens with zero attached hydrogens (tertiary/aromatic N) is 3. The van der Waals surface area contributed by atoms with Gasteiger partial charge in [-0.05, 0) is 49.7 Å². The third kappa shape index (κ3) is 4.49. The van der Waals surface area contributed by atoms with E-state index in [1.54, 1.807) is 37.4 Å². The summed E-state index contributed by atoms with van der Waals surface area (Å²) in [6, 6.07) is 10.7. The Kier molecular flexibility index (Phi) is 5.46. The summed E-state index contributed by atoms with van der Waals surface area (Å²) in [4.78, 5) is 24.5. The standard InChI is InChI=1S/C19H20N6O2/c1-3-27-19(26)13-5-4-6-14(10-13)24-17-16(20)18(23-11-22-17)25-15-9-12(2)7-8-21-15/h4-11H,3,20H2,1-2H3,(H2,21,22,23,24,25). The number of rotatable bonds is 6. The SMILES string of the molecule is CCOC(=O)c1cccc(Nc2ncnc(Nc3cc(C)ccn3)c2N)c1. The number of anilines is 5. The van der Waals surface area contributed by atoms with Crippen molar-refractivity contribution in [1.29, 1.82) is 0 Å². The van der Waals surface area contributed by atoms with Gasteiger partial charge in [0.1, 0.15) is 17.8 Å². The highest BCUT2D eigenvalue weighted by atomic mass is 16.5. The van der Waals surface area contributed by atoms with Crippen LogP contribution in [-0.4, -0.2) is 27.5 Å². The Hall–Kier alpha value is -3.68. The Labute approximate surface area is 156 Å². The molecule has 0 atom stereocenters. The van der Waals surface area contributed by atoms with Gasteiger partial charge in [0, 0.05) is 11.9 Å². The number of carbonyl (C=O) groups excluding carboxylic acids is 1. The van der Waals surface area contributed by atoms with Gasteiger partial charge in [0.05, 0.1) is 12.2 Å². The molecule has 0 unspecified atom stereocenters. The van der Waals surface area contributed by atoms with E-state index in [0.717, 1.165) is 5.56 Å². The van der Waals surface area contributed by atoms with Crippen LogP contribution in [0.3, 0.4) is 0 Å². The molecular weight excluding hydrogens is 344 g/mol. The van der Waals surface area contributed by atoms with Crippen LogP contribution in [0.15, 0.2) is 48.9 Å². The predicted molar refractivity (Wildman–Crippen MR) is 104 cm³/mol. The van der Waals surface area contributed by atoms with Gasteiger partial charge < -0.3 is 21.1 Å². The molecule has 0 saturated carbocycles. The van der Waals surface area contributed by atoms with E-state index in [1.807, 2.05) is 19.1 Å². The number of esters is 1. The van der Waals surface area contributed by atoms with Crippen LogP contribution in [0.1, 0.15) is 22.8 Å². The van der Waals surface area contributed by atoms with Gasteiger partial charge in [-0.25, -0.2) is 19.7 Å². The number of nitrogens with one attached hydrogen (secondary N) is 2. The van der Waals surface area contributed by atoms with Crippen molar-refractivity contribution >= 4 is 34.8 Å². The van der Waals surface area contributed by atoms with Crippen molar-refractivity contribution in [3.05, 3.63) is 60.0 Å². The van der Waals surface area contributed by atoms with E-state index in [-0.39, 0.29) is 5.97 Å². The van der Waals surface area contributed by atoms with Gasteiger partial charge in [0.2, 0.25) is 0 Å². The number of carbonyl (C=O) groups is 1. The average molecular weight is 364 g/mol. The lowest BCUT2D eigenvalue weighted by atomic mass is 10.2. The molecular formula is C19H20N6O2. The second-order valence-electron chi connectivity index (χ2n) is 5.75. The fraction of sp³-hybridized carbons (Fsp3) is 0.158. The lowest BCUT2D eigenvalue weighted by Crippen LogP contribution is -2.07. The number of hydrogen-bond donors (Lipinski definition) is 3. The summed E-state index contributed by atoms with van der Waals surface area (Å²) in [7, 11) is 0. The number of nitrogen functional groups attached to an aromatic ring is 1. The number of aryl methyl sites for hydroxylation is 1. The molecule has 27 heavy (non-hydrogen) atoms. The summed E-state index contributed by atoms with van der Waals surface area (Å²) >= 11 is 0. The summed E-state index contributed by atoms with van der Waals surface area (Å²) in [5.41, 5.74) is 8.69. The minimum atomic E-state index is -0.385. The molecule has 0 radical (unpaired) electrons. The molecule has 3 rings (SSSR count). The maximum atomic E-state index is 11.9. The number of hydrogen-bond acceptors (Lipinski definition) is 8. The molecule has 0 aliphatic rings. The molecule has 4 N–H and O–H groups in total. The zero-order chi connectivity index (χ0) is 19.2. The fourth-order valence-electron chi connectivity index (χ4n) is 2.40. The molecule has 2 aromatic heterocycles. The van der Waals surface area contributed by atoms with E-state index in [4.69, 9.17) is 10.5 Å². The van der Waals surface area contributed by atoms with Crippen molar-refractivity contribution in [2.24, 2.45) is 0 Å². The van der Waals surface area contributed by atoms with E-state index in [9.17, 15) is 4.79 Å². The van der Waals surface area contributed by atoms with Crippen molar-refractivity contribution in [2.75, 3.05) is 23.0 Å². The van der Waals surface area contributed by atoms with E-state index in [2.05, 4.69) is 25.6 Å². The molecule has 0 bridgehead atoms. The smallest absolute Gasteiger partial charge is 0.338 e. The second kappa shape index (κ2) is 8.13. The minimum absolute atomic E-state index is 0.317. The first-order chi connectivity index (χ1) is 13.1. The maximum Gasteiger partial charge on any atom is 0.338 e. The van der Waals surface area contributed by atoms with Gasteiger partial charge >= 0.3 is 5.97 Å². The summed E-state index contributed by atoms with van der Waals surface area (Å²) in [5, 5.41) is 6.19. The monoisotopic (exact) mass is 364 g/mol. The third-order valence-corrected chi connectivity index (χ3v) is 3.68. The molecule has 2 heterocycles. The van der Waals surface area contributed by atoms with Gasteiger partial charge in [0.25, 0.3) is 0 Å². The first-order valence-corrected chi connectivity index (χ1v) is 8.41. The largest absolute Gasteiger partial charge is 0.462 e. The van der Waals surface area contributed by atoms with Crippen LogP contribution in [0.5, 0.6) is 0 Å². The quantitative estimate of drug-likeness (QED) is 0.570. The molecule has 0 fully saturated rings. The Morgan fingerprint density at radius 2 is 1.89 bits per heavy atom. The molecule has 0 saturated heterocycles. The zero-order valence-electron chi connectivity index (χ0n) is 15.1. The zero-order valence-corrected chi connectivity index (χ0v) is 15.1. The van der Waals surface area contributed by atoms with Crippen LogP contribution < -0.4 is 16.4 Å². The number of aromatic nitrogens is 3. The maximum absolute atomic E-state index is 11.9. The summed E-state index contributed by atoms with van der Waals surface area (Å²) in [6.45, 7) is 4.05. The number of pyridine rings is 1. The van der Waals surface area contributed by atoms with Crippen molar-refractivity contribution in [1.82, 2.24) is 15.0 Å². The molecule has 1 aromatic carbocycles. The lowest BCUT2D eigenvalue weighted by Gasteiger charge is -2.13. The van der Waals surface area contributed by atoms with E-state index < -0.39 is 0 Å². The number of nitrogens with two attached hydrogens (primary N) is 1. The second-order valence-corrected chi connectivity index (χ2v) is 5.75. The Bertz CT molecular complexity index is 960. The summed E-state index contributed by atoms with van der Waals surface area (Å²) < 4.78 is 5.02. The fourth-order valence-corrected chi connectivity index (χ4v) is 2.40. The highest BCUT2D eigenvalue weighted by Crippen LogP contribution is 2.28. The topological polar surface area (TPSA) is 115 Å². The summed E-state index contributed by atoms with van der Waals surface area (Å²) in [6.07, 6.45) is 3.10. The third-order valence-electron chi connectivity index (χ3n) is 3.68. The van der Waals surface area contributed by atoms with E-state index in [1.165, 1.54) is 6.33 Å². The normalized spacial score (nSPS) is 10.3. The molecule has 0 aliphatic carbocycles. The summed E-state index contributed by atoms with van der Waals surface area (Å²) in [5.74, 6) is 1.11. The number of benzene rings is 1. The van der Waals surface area contributed by atoms with Crippen molar-refractivity contribution in [2.45, 2.75) is 13.8 Å². The molecule has 0 spiro atoms. The van der Waals surface area contributed by atoms with Crippen LogP contribution in [0.4, 0.5) is 28.8 Å². The molecule has 0 aliphatic heterocycles. The van der Waals surface area contributed by atoms with Gasteiger partial charge in [-0.3, -0.25) is 0 Å². The molecule has 8 nitrogen and oxygen atoms in total. The van der Waals surface area contributed by atoms with E-state index >= 15 is 0 Å². The van der Waals surface area contributed by atoms with Crippen LogP contribution in [0, 0.1) is 6.92 Å². The van der Waals surface area contributed by atoms with Gasteiger partial charge in [0.15, 0.2) is 11.6 Å². The van der Waals surface area contributed by atoms with Crippen molar-refractivity contribution < 1.29 is 9.53 Å². The van der Waals surface area contributed by atoms with E-state index in [0.29, 0.717) is 41.0 Å². The Balaban J connectivity index is 1.82. The van der Waals surface area contributed by atoms with Gasteiger partial charge in [-0.1, -0.05) is 6.07 Å². The lowest BCUT2D eigenvalue weighted by molar-refractivity contribution is 0.0526. The first kappa shape index (κ1) is 18.1. The average Bonchev–Trinajstić information content (AvgIpc) is 2.65. The molecule has 3 aromatic rings. The van der Waals surface area contributed by atoms with Crippen LogP contribution in [0.25, 0.3) is 0 Å². The highest BCUT2D eigenvalue weighted by Gasteiger charge is 2.11. The Morgan fingerprint density at radius 1 is 1.11 bits per heavy atom. The Morgan fingerprint density at radius 3 is 2.63 bits per heavy atom. The molecule has 138 valence electrons. The van der Waals surface area contributed by atoms with Crippen molar-refractivity contribution in [3.63, 3.8) is 0 Å². The number of ether oxygens (including phenoxy) is 1.